The van der Waals surface area contributed by atoms with E-state index in [4.69, 9.17) is 10.5 Å². The Kier molecular flexibility index (Phi) is 3.78. The van der Waals surface area contributed by atoms with Gasteiger partial charge in [-0.1, -0.05) is 0 Å². The van der Waals surface area contributed by atoms with Crippen molar-refractivity contribution < 1.29 is 17.9 Å². The molecule has 0 aliphatic carbocycles. The maximum atomic E-state index is 12.0. The lowest BCUT2D eigenvalue weighted by Crippen LogP contribution is -2.10. The number of hydrogen-bond donors (Lipinski definition) is 1. The van der Waals surface area contributed by atoms with Crippen molar-refractivity contribution in [2.75, 3.05) is 12.3 Å². The van der Waals surface area contributed by atoms with E-state index >= 15 is 0 Å². The normalized spacial score (nSPS) is 11.7. The van der Waals surface area contributed by atoms with Crippen molar-refractivity contribution in [1.82, 2.24) is 4.98 Å². The minimum atomic E-state index is -4.15. The van der Waals surface area contributed by atoms with Gasteiger partial charge in [0.25, 0.3) is 0 Å². The Morgan fingerprint density at radius 1 is 1.21 bits per heavy atom. The fourth-order valence-corrected chi connectivity index (χ4v) is 1.74. The molecule has 0 unspecified atom stereocenters. The first-order chi connectivity index (χ1) is 8.97. The van der Waals surface area contributed by atoms with Crippen molar-refractivity contribution in [1.29, 1.82) is 0 Å². The molecule has 0 aliphatic heterocycles. The number of pyridine rings is 1. The standard InChI is InChI=1S/C13H13F3N2O/c14-13(15,16)6-2-8-19-11-5-4-10(17)9-3-1-7-18-12(9)11/h1,3-5,7H,2,6,8,17H2. The van der Waals surface area contributed by atoms with Crippen LogP contribution in [0.15, 0.2) is 30.5 Å². The van der Waals surface area contributed by atoms with E-state index in [1.165, 1.54) is 0 Å². The first-order valence-electron chi connectivity index (χ1n) is 5.80. The molecule has 0 spiro atoms. The number of nitrogen functional groups attached to an aromatic ring is 1. The van der Waals surface area contributed by atoms with Gasteiger partial charge in [0.2, 0.25) is 0 Å². The highest BCUT2D eigenvalue weighted by Gasteiger charge is 2.26. The van der Waals surface area contributed by atoms with Crippen LogP contribution in [0.4, 0.5) is 18.9 Å². The van der Waals surface area contributed by atoms with Crippen molar-refractivity contribution in [3.05, 3.63) is 30.5 Å². The lowest BCUT2D eigenvalue weighted by molar-refractivity contribution is -0.136. The van der Waals surface area contributed by atoms with Crippen LogP contribution in [0.2, 0.25) is 0 Å². The van der Waals surface area contributed by atoms with Crippen LogP contribution in [0.5, 0.6) is 5.75 Å². The van der Waals surface area contributed by atoms with E-state index in [1.807, 2.05) is 0 Å². The molecule has 0 saturated carbocycles. The second-order valence-corrected chi connectivity index (χ2v) is 4.12. The van der Waals surface area contributed by atoms with E-state index in [-0.39, 0.29) is 13.0 Å². The molecule has 0 bridgehead atoms. The molecule has 2 rings (SSSR count). The predicted molar refractivity (Wildman–Crippen MR) is 66.9 cm³/mol. The maximum absolute atomic E-state index is 12.0. The van der Waals surface area contributed by atoms with E-state index in [2.05, 4.69) is 4.98 Å². The third-order valence-electron chi connectivity index (χ3n) is 2.63. The molecule has 102 valence electrons. The average molecular weight is 270 g/mol. The van der Waals surface area contributed by atoms with E-state index in [0.29, 0.717) is 17.0 Å². The molecule has 1 heterocycles. The Bertz CT molecular complexity index is 569. The number of ether oxygens (including phenoxy) is 1. The molecule has 1 aromatic heterocycles. The van der Waals surface area contributed by atoms with Crippen LogP contribution in [0, 0.1) is 0 Å². The van der Waals surface area contributed by atoms with E-state index in [1.54, 1.807) is 30.5 Å². The second kappa shape index (κ2) is 5.34. The third-order valence-corrected chi connectivity index (χ3v) is 2.63. The van der Waals surface area contributed by atoms with Gasteiger partial charge in [0.1, 0.15) is 11.3 Å². The minimum Gasteiger partial charge on any atom is -0.491 e. The number of hydrogen-bond acceptors (Lipinski definition) is 3. The van der Waals surface area contributed by atoms with Gasteiger partial charge in [-0.2, -0.15) is 13.2 Å². The van der Waals surface area contributed by atoms with Crippen LogP contribution in [0.3, 0.4) is 0 Å². The molecule has 2 N–H and O–H groups in total. The molecule has 6 heteroatoms. The first-order valence-corrected chi connectivity index (χ1v) is 5.80. The van der Waals surface area contributed by atoms with Crippen LogP contribution in [0.1, 0.15) is 12.8 Å². The number of aromatic nitrogens is 1. The molecule has 0 aliphatic rings. The van der Waals surface area contributed by atoms with Crippen LogP contribution in [-0.4, -0.2) is 17.8 Å². The summed E-state index contributed by atoms with van der Waals surface area (Å²) < 4.78 is 41.4. The van der Waals surface area contributed by atoms with E-state index < -0.39 is 12.6 Å². The SMILES string of the molecule is Nc1ccc(OCCCC(F)(F)F)c2ncccc12. The predicted octanol–water partition coefficient (Wildman–Crippen LogP) is 3.54. The Balaban J connectivity index is 2.07. The summed E-state index contributed by atoms with van der Waals surface area (Å²) in [6, 6.07) is 6.81. The lowest BCUT2D eigenvalue weighted by Gasteiger charge is -2.10. The summed E-state index contributed by atoms with van der Waals surface area (Å²) in [7, 11) is 0. The van der Waals surface area contributed by atoms with Gasteiger partial charge in [0.05, 0.1) is 6.61 Å². The molecule has 1 aromatic carbocycles. The molecule has 0 fully saturated rings. The smallest absolute Gasteiger partial charge is 0.389 e. The second-order valence-electron chi connectivity index (χ2n) is 4.12. The summed E-state index contributed by atoms with van der Waals surface area (Å²) in [5, 5.41) is 0.732. The summed E-state index contributed by atoms with van der Waals surface area (Å²) in [6.45, 7) is -0.00486. The number of rotatable bonds is 4. The highest BCUT2D eigenvalue weighted by molar-refractivity contribution is 5.94. The molecular weight excluding hydrogens is 257 g/mol. The molecule has 2 aromatic rings. The van der Waals surface area contributed by atoms with Gasteiger partial charge < -0.3 is 10.5 Å². The molecule has 0 radical (unpaired) electrons. The first kappa shape index (κ1) is 13.5. The van der Waals surface area contributed by atoms with Gasteiger partial charge in [-0.3, -0.25) is 4.98 Å². The summed E-state index contributed by atoms with van der Waals surface area (Å²) in [6.07, 6.45) is -3.50. The van der Waals surface area contributed by atoms with Crippen LogP contribution in [0.25, 0.3) is 10.9 Å². The minimum absolute atomic E-state index is 0.00486. The third kappa shape index (κ3) is 3.49. The zero-order valence-electron chi connectivity index (χ0n) is 10.1. The topological polar surface area (TPSA) is 48.1 Å². The largest absolute Gasteiger partial charge is 0.491 e. The molecular formula is C13H13F3N2O. The van der Waals surface area contributed by atoms with Gasteiger partial charge in [-0.15, -0.1) is 0 Å². The van der Waals surface area contributed by atoms with E-state index in [9.17, 15) is 13.2 Å². The molecule has 19 heavy (non-hydrogen) atoms. The zero-order chi connectivity index (χ0) is 13.9. The Morgan fingerprint density at radius 2 is 2.00 bits per heavy atom. The van der Waals surface area contributed by atoms with Crippen LogP contribution >= 0.6 is 0 Å². The van der Waals surface area contributed by atoms with Crippen molar-refractivity contribution in [2.45, 2.75) is 19.0 Å². The van der Waals surface area contributed by atoms with Gasteiger partial charge >= 0.3 is 6.18 Å². The number of alkyl halides is 3. The number of nitrogens with zero attached hydrogens (tertiary/aromatic N) is 1. The summed E-state index contributed by atoms with van der Waals surface area (Å²) >= 11 is 0. The molecule has 0 saturated heterocycles. The number of benzene rings is 1. The van der Waals surface area contributed by atoms with Crippen molar-refractivity contribution in [3.8, 4) is 5.75 Å². The zero-order valence-corrected chi connectivity index (χ0v) is 10.1. The van der Waals surface area contributed by atoms with Gasteiger partial charge in [-0.25, -0.2) is 0 Å². The quantitative estimate of drug-likeness (QED) is 0.682. The number of anilines is 1. The highest BCUT2D eigenvalue weighted by atomic mass is 19.4. The molecule has 0 amide bonds. The maximum Gasteiger partial charge on any atom is 0.389 e. The lowest BCUT2D eigenvalue weighted by atomic mass is 10.1. The van der Waals surface area contributed by atoms with Gasteiger partial charge in [0, 0.05) is 23.7 Å². The van der Waals surface area contributed by atoms with E-state index in [0.717, 1.165) is 5.39 Å². The van der Waals surface area contributed by atoms with Gasteiger partial charge in [0.15, 0.2) is 0 Å². The summed E-state index contributed by atoms with van der Waals surface area (Å²) in [4.78, 5) is 4.14. The van der Waals surface area contributed by atoms with Gasteiger partial charge in [-0.05, 0) is 30.7 Å². The fraction of sp³-hybridized carbons (Fsp3) is 0.308. The summed E-state index contributed by atoms with van der Waals surface area (Å²) in [5.41, 5.74) is 6.92. The Morgan fingerprint density at radius 3 is 2.74 bits per heavy atom. The number of halogens is 3. The fourth-order valence-electron chi connectivity index (χ4n) is 1.74. The Labute approximate surface area is 108 Å². The average Bonchev–Trinajstić information content (AvgIpc) is 2.36. The van der Waals surface area contributed by atoms with Crippen molar-refractivity contribution in [3.63, 3.8) is 0 Å². The van der Waals surface area contributed by atoms with Crippen LogP contribution < -0.4 is 10.5 Å². The summed E-state index contributed by atoms with van der Waals surface area (Å²) in [5.74, 6) is 0.451. The Hall–Kier alpha value is -1.98. The van der Waals surface area contributed by atoms with Crippen LogP contribution in [-0.2, 0) is 0 Å². The number of fused-ring (bicyclic) bond motifs is 1. The van der Waals surface area contributed by atoms with Crippen molar-refractivity contribution >= 4 is 16.6 Å². The number of nitrogens with two attached hydrogens (primary N) is 1. The van der Waals surface area contributed by atoms with Crippen molar-refractivity contribution in [2.24, 2.45) is 0 Å². The molecule has 0 atom stereocenters. The highest BCUT2D eigenvalue weighted by Crippen LogP contribution is 2.28. The molecule has 3 nitrogen and oxygen atoms in total. The monoisotopic (exact) mass is 270 g/mol.